The first-order valence-corrected chi connectivity index (χ1v) is 11.4. The molecule has 174 valence electrons. The molecule has 0 bridgehead atoms. The van der Waals surface area contributed by atoms with Gasteiger partial charge in [0.25, 0.3) is 0 Å². The Bertz CT molecular complexity index is 1690. The van der Waals surface area contributed by atoms with Gasteiger partial charge in [-0.05, 0) is 66.3 Å². The Balaban J connectivity index is 1.49. The maximum atomic E-state index is 14.1. The van der Waals surface area contributed by atoms with Crippen LogP contribution in [0.15, 0.2) is 70.0 Å². The van der Waals surface area contributed by atoms with Gasteiger partial charge in [0.05, 0.1) is 0 Å². The normalized spacial score (nSPS) is 14.3. The number of halogens is 1. The number of aromatic nitrogens is 3. The highest BCUT2D eigenvalue weighted by Gasteiger charge is 2.24. The number of hydrogen-bond donors (Lipinski definition) is 2. The van der Waals surface area contributed by atoms with Crippen LogP contribution in [0.1, 0.15) is 46.3 Å². The van der Waals surface area contributed by atoms with Gasteiger partial charge in [-0.1, -0.05) is 41.6 Å². The lowest BCUT2D eigenvalue weighted by Gasteiger charge is -2.14. The average molecular weight is 468 g/mol. The number of aryl methyl sites for hydroxylation is 1. The molecule has 1 aliphatic heterocycles. The van der Waals surface area contributed by atoms with E-state index >= 15 is 0 Å². The van der Waals surface area contributed by atoms with E-state index in [-0.39, 0.29) is 5.82 Å². The SMILES string of the molecule is C/C(=C1/c2ccc(Cc3c(C)[nH]c4ccccc34)cc2COc2cc(F)ccc21)c1noc(=O)[nH]1. The topological polar surface area (TPSA) is 83.9 Å². The predicted molar refractivity (Wildman–Crippen MR) is 132 cm³/mol. The molecule has 1 aliphatic rings. The van der Waals surface area contributed by atoms with Gasteiger partial charge in [0.2, 0.25) is 0 Å². The summed E-state index contributed by atoms with van der Waals surface area (Å²) in [6, 6.07) is 19.1. The summed E-state index contributed by atoms with van der Waals surface area (Å²) in [7, 11) is 0. The van der Waals surface area contributed by atoms with E-state index in [1.807, 2.05) is 13.0 Å². The molecule has 2 N–H and O–H groups in total. The van der Waals surface area contributed by atoms with Gasteiger partial charge >= 0.3 is 5.76 Å². The van der Waals surface area contributed by atoms with Crippen LogP contribution in [0.5, 0.6) is 5.75 Å². The second-order valence-electron chi connectivity index (χ2n) is 8.82. The molecule has 0 amide bonds. The van der Waals surface area contributed by atoms with Crippen molar-refractivity contribution < 1.29 is 13.7 Å². The minimum absolute atomic E-state index is 0.290. The van der Waals surface area contributed by atoms with Crippen LogP contribution in [0.3, 0.4) is 0 Å². The predicted octanol–water partition coefficient (Wildman–Crippen LogP) is 5.75. The number of nitrogens with one attached hydrogen (secondary N) is 2. The van der Waals surface area contributed by atoms with Crippen molar-refractivity contribution in [2.45, 2.75) is 26.9 Å². The Kier molecular flexibility index (Phi) is 4.91. The Labute approximate surface area is 200 Å². The molecule has 3 aromatic carbocycles. The van der Waals surface area contributed by atoms with E-state index in [0.29, 0.717) is 23.8 Å². The number of rotatable bonds is 3. The van der Waals surface area contributed by atoms with Gasteiger partial charge < -0.3 is 9.72 Å². The third kappa shape index (κ3) is 3.65. The molecule has 35 heavy (non-hydrogen) atoms. The maximum Gasteiger partial charge on any atom is 0.439 e. The molecular weight excluding hydrogens is 445 g/mol. The van der Waals surface area contributed by atoms with Gasteiger partial charge in [-0.25, -0.2) is 9.18 Å². The lowest BCUT2D eigenvalue weighted by Crippen LogP contribution is -2.01. The van der Waals surface area contributed by atoms with E-state index in [0.717, 1.165) is 45.5 Å². The van der Waals surface area contributed by atoms with Crippen molar-refractivity contribution in [1.82, 2.24) is 15.1 Å². The largest absolute Gasteiger partial charge is 0.488 e. The van der Waals surface area contributed by atoms with Crippen molar-refractivity contribution in [3.63, 3.8) is 0 Å². The summed E-state index contributed by atoms with van der Waals surface area (Å²) < 4.78 is 24.9. The van der Waals surface area contributed by atoms with Crippen LogP contribution >= 0.6 is 0 Å². The fourth-order valence-corrected chi connectivity index (χ4v) is 4.92. The highest BCUT2D eigenvalue weighted by Crippen LogP contribution is 2.41. The van der Waals surface area contributed by atoms with Crippen molar-refractivity contribution in [3.8, 4) is 5.75 Å². The highest BCUT2D eigenvalue weighted by molar-refractivity contribution is 5.99. The number of nitrogens with zero attached hydrogens (tertiary/aromatic N) is 1. The molecule has 7 heteroatoms. The molecule has 6 nitrogen and oxygen atoms in total. The maximum absolute atomic E-state index is 14.1. The summed E-state index contributed by atoms with van der Waals surface area (Å²) >= 11 is 0. The minimum atomic E-state index is -0.631. The Morgan fingerprint density at radius 2 is 1.89 bits per heavy atom. The number of hydrogen-bond acceptors (Lipinski definition) is 4. The van der Waals surface area contributed by atoms with Gasteiger partial charge in [0.1, 0.15) is 18.2 Å². The third-order valence-electron chi connectivity index (χ3n) is 6.61. The van der Waals surface area contributed by atoms with Crippen LogP contribution in [0, 0.1) is 12.7 Å². The first kappa shape index (κ1) is 21.2. The molecule has 0 aliphatic carbocycles. The lowest BCUT2D eigenvalue weighted by atomic mass is 9.88. The zero-order chi connectivity index (χ0) is 24.1. The van der Waals surface area contributed by atoms with Crippen LogP contribution in [-0.2, 0) is 13.0 Å². The van der Waals surface area contributed by atoms with Gasteiger partial charge in [-0.3, -0.25) is 9.51 Å². The van der Waals surface area contributed by atoms with E-state index in [4.69, 9.17) is 9.26 Å². The molecule has 0 spiro atoms. The van der Waals surface area contributed by atoms with Crippen molar-refractivity contribution in [2.24, 2.45) is 0 Å². The van der Waals surface area contributed by atoms with Crippen molar-refractivity contribution in [1.29, 1.82) is 0 Å². The van der Waals surface area contributed by atoms with Gasteiger partial charge in [-0.2, -0.15) is 0 Å². The Hall–Kier alpha value is -4.39. The summed E-state index contributed by atoms with van der Waals surface area (Å²) in [4.78, 5) is 17.7. The number of aromatic amines is 2. The standard InChI is InChI=1S/C28H22FN3O3/c1-15(27-31-28(33)35-32-27)26-20-9-7-17(12-23-16(2)30-24-6-4-3-5-21(23)24)11-18(20)14-34-25-13-19(29)8-10-22(25)26/h3-11,13,30H,12,14H2,1-2H3,(H,31,32,33)/b26-15+. The van der Waals surface area contributed by atoms with E-state index in [1.165, 1.54) is 23.1 Å². The molecule has 0 saturated heterocycles. The zero-order valence-corrected chi connectivity index (χ0v) is 19.2. The molecule has 0 atom stereocenters. The van der Waals surface area contributed by atoms with E-state index < -0.39 is 5.76 Å². The van der Waals surface area contributed by atoms with Gasteiger partial charge in [0, 0.05) is 33.8 Å². The van der Waals surface area contributed by atoms with Crippen molar-refractivity contribution in [2.75, 3.05) is 0 Å². The van der Waals surface area contributed by atoms with Crippen LogP contribution in [0.25, 0.3) is 22.0 Å². The highest BCUT2D eigenvalue weighted by atomic mass is 19.1. The molecule has 2 aromatic heterocycles. The fourth-order valence-electron chi connectivity index (χ4n) is 4.92. The number of H-pyrrole nitrogens is 2. The van der Waals surface area contributed by atoms with Gasteiger partial charge in [0.15, 0.2) is 5.82 Å². The van der Waals surface area contributed by atoms with Crippen LogP contribution < -0.4 is 10.5 Å². The van der Waals surface area contributed by atoms with E-state index in [9.17, 15) is 9.18 Å². The van der Waals surface area contributed by atoms with Crippen molar-refractivity contribution >= 4 is 22.0 Å². The summed E-state index contributed by atoms with van der Waals surface area (Å²) in [5, 5.41) is 5.09. The minimum Gasteiger partial charge on any atom is -0.488 e. The number of allylic oxidation sites excluding steroid dienone is 1. The van der Waals surface area contributed by atoms with Crippen LogP contribution in [0.4, 0.5) is 4.39 Å². The number of ether oxygens (including phenoxy) is 1. The van der Waals surface area contributed by atoms with E-state index in [2.05, 4.69) is 58.4 Å². The van der Waals surface area contributed by atoms with Crippen LogP contribution in [0.2, 0.25) is 0 Å². The van der Waals surface area contributed by atoms with Crippen molar-refractivity contribution in [3.05, 3.63) is 116 Å². The Morgan fingerprint density at radius 1 is 1.06 bits per heavy atom. The lowest BCUT2D eigenvalue weighted by molar-refractivity contribution is 0.305. The average Bonchev–Trinajstić information content (AvgIpc) is 3.37. The molecule has 5 aromatic rings. The third-order valence-corrected chi connectivity index (χ3v) is 6.61. The van der Waals surface area contributed by atoms with Gasteiger partial charge in [-0.15, -0.1) is 0 Å². The Morgan fingerprint density at radius 3 is 2.71 bits per heavy atom. The first-order chi connectivity index (χ1) is 17.0. The molecule has 0 fully saturated rings. The summed E-state index contributed by atoms with van der Waals surface area (Å²) in [5.41, 5.74) is 8.82. The fraction of sp³-hybridized carbons (Fsp3) is 0.143. The molecule has 6 rings (SSSR count). The molecular formula is C28H22FN3O3. The first-order valence-electron chi connectivity index (χ1n) is 11.4. The van der Waals surface area contributed by atoms with Crippen LogP contribution in [-0.4, -0.2) is 15.1 Å². The molecule has 0 radical (unpaired) electrons. The summed E-state index contributed by atoms with van der Waals surface area (Å²) in [6.07, 6.45) is 0.763. The summed E-state index contributed by atoms with van der Waals surface area (Å²) in [6.45, 7) is 4.24. The second kappa shape index (κ2) is 8.13. The monoisotopic (exact) mass is 467 g/mol. The van der Waals surface area contributed by atoms with E-state index in [1.54, 1.807) is 6.07 Å². The summed E-state index contributed by atoms with van der Waals surface area (Å²) in [5.74, 6) is -0.243. The number of para-hydroxylation sites is 1. The quantitative estimate of drug-likeness (QED) is 0.354. The number of benzene rings is 3. The second-order valence-corrected chi connectivity index (χ2v) is 8.82. The number of fused-ring (bicyclic) bond motifs is 3. The molecule has 0 unspecified atom stereocenters. The molecule has 3 heterocycles. The smallest absolute Gasteiger partial charge is 0.439 e. The molecule has 0 saturated carbocycles. The zero-order valence-electron chi connectivity index (χ0n) is 19.2.